The Morgan fingerprint density at radius 1 is 1.47 bits per heavy atom. The van der Waals surface area contributed by atoms with Crippen molar-refractivity contribution in [2.24, 2.45) is 11.7 Å². The number of hydrogen-bond donors (Lipinski definition) is 1. The van der Waals surface area contributed by atoms with Crippen molar-refractivity contribution in [1.29, 1.82) is 0 Å². The van der Waals surface area contributed by atoms with E-state index in [1.165, 1.54) is 30.7 Å². The summed E-state index contributed by atoms with van der Waals surface area (Å²) in [4.78, 5) is 4.15. The van der Waals surface area contributed by atoms with Crippen LogP contribution in [0, 0.1) is 5.92 Å². The second-order valence-electron chi connectivity index (χ2n) is 5.28. The molecule has 1 saturated heterocycles. The molecule has 17 heavy (non-hydrogen) atoms. The van der Waals surface area contributed by atoms with Gasteiger partial charge in [0.25, 0.3) is 0 Å². The maximum absolute atomic E-state index is 6.01. The molecule has 1 aliphatic rings. The van der Waals surface area contributed by atoms with Gasteiger partial charge in [0.1, 0.15) is 0 Å². The molecule has 2 N–H and O–H groups in total. The number of rotatable bonds is 3. The smallest absolute Gasteiger partial charge is 0.0484 e. The predicted molar refractivity (Wildman–Crippen MR) is 75.3 cm³/mol. The van der Waals surface area contributed by atoms with Crippen molar-refractivity contribution in [3.63, 3.8) is 0 Å². The van der Waals surface area contributed by atoms with E-state index in [-0.39, 0.29) is 0 Å². The Labute approximate surface area is 109 Å². The van der Waals surface area contributed by atoms with Gasteiger partial charge in [0.2, 0.25) is 0 Å². The van der Waals surface area contributed by atoms with Crippen molar-refractivity contribution in [1.82, 2.24) is 4.90 Å². The fourth-order valence-corrected chi connectivity index (χ4v) is 3.89. The molecule has 3 heteroatoms. The first-order chi connectivity index (χ1) is 8.24. The fourth-order valence-electron chi connectivity index (χ4n) is 2.95. The third-order valence-electron chi connectivity index (χ3n) is 3.85. The first-order valence-corrected chi connectivity index (χ1v) is 7.61. The van der Waals surface area contributed by atoms with Crippen molar-refractivity contribution < 1.29 is 0 Å². The van der Waals surface area contributed by atoms with E-state index in [9.17, 15) is 0 Å². The lowest BCUT2D eigenvalue weighted by Crippen LogP contribution is -2.39. The molecular formula is C14H24N2S. The van der Waals surface area contributed by atoms with Crippen molar-refractivity contribution in [3.8, 4) is 0 Å². The Morgan fingerprint density at radius 3 is 2.88 bits per heavy atom. The number of likely N-dealkylation sites (tertiary alicyclic amines) is 1. The minimum atomic E-state index is 0.544. The van der Waals surface area contributed by atoms with Crippen LogP contribution in [0.2, 0.25) is 0 Å². The van der Waals surface area contributed by atoms with Gasteiger partial charge in [0.05, 0.1) is 0 Å². The van der Waals surface area contributed by atoms with Crippen LogP contribution < -0.4 is 5.73 Å². The van der Waals surface area contributed by atoms with Crippen LogP contribution in [0.1, 0.15) is 44.0 Å². The first kappa shape index (κ1) is 13.1. The Bertz CT molecular complexity index is 321. The summed E-state index contributed by atoms with van der Waals surface area (Å²) in [7, 11) is 0. The molecule has 1 aliphatic heterocycles. The van der Waals surface area contributed by atoms with Crippen LogP contribution in [0.3, 0.4) is 0 Å². The third kappa shape index (κ3) is 2.90. The summed E-state index contributed by atoms with van der Waals surface area (Å²) in [6.07, 6.45) is 3.92. The van der Waals surface area contributed by atoms with Crippen molar-refractivity contribution in [2.45, 2.75) is 45.2 Å². The van der Waals surface area contributed by atoms with Gasteiger partial charge in [0, 0.05) is 17.0 Å². The van der Waals surface area contributed by atoms with Crippen LogP contribution in [0.5, 0.6) is 0 Å². The van der Waals surface area contributed by atoms with Crippen LogP contribution in [0.15, 0.2) is 17.5 Å². The SMILES string of the molecule is CC(C)N1CCCCC(CN)C1c1cccs1. The zero-order valence-electron chi connectivity index (χ0n) is 10.9. The molecule has 2 unspecified atom stereocenters. The average Bonchev–Trinajstić information content (AvgIpc) is 2.74. The molecule has 2 rings (SSSR count). The Hall–Kier alpha value is -0.380. The number of hydrogen-bond acceptors (Lipinski definition) is 3. The van der Waals surface area contributed by atoms with Crippen molar-refractivity contribution >= 4 is 11.3 Å². The molecule has 0 aliphatic carbocycles. The van der Waals surface area contributed by atoms with E-state index in [1.807, 2.05) is 11.3 Å². The largest absolute Gasteiger partial charge is 0.330 e. The summed E-state index contributed by atoms with van der Waals surface area (Å²) in [5.41, 5.74) is 6.01. The second-order valence-corrected chi connectivity index (χ2v) is 6.26. The van der Waals surface area contributed by atoms with Crippen molar-refractivity contribution in [2.75, 3.05) is 13.1 Å². The summed E-state index contributed by atoms with van der Waals surface area (Å²) < 4.78 is 0. The molecule has 2 heterocycles. The molecule has 2 atom stereocenters. The summed E-state index contributed by atoms with van der Waals surface area (Å²) in [6.45, 7) is 6.64. The monoisotopic (exact) mass is 252 g/mol. The number of nitrogens with two attached hydrogens (primary N) is 1. The fraction of sp³-hybridized carbons (Fsp3) is 0.714. The first-order valence-electron chi connectivity index (χ1n) is 6.73. The van der Waals surface area contributed by atoms with E-state index in [2.05, 4.69) is 36.3 Å². The van der Waals surface area contributed by atoms with E-state index >= 15 is 0 Å². The van der Waals surface area contributed by atoms with Crippen LogP contribution >= 0.6 is 11.3 Å². The van der Waals surface area contributed by atoms with Crippen LogP contribution in [0.4, 0.5) is 0 Å². The Kier molecular flexibility index (Phi) is 4.60. The second kappa shape index (κ2) is 5.98. The van der Waals surface area contributed by atoms with Gasteiger partial charge in [-0.25, -0.2) is 0 Å². The average molecular weight is 252 g/mol. The zero-order chi connectivity index (χ0) is 12.3. The highest BCUT2D eigenvalue weighted by Gasteiger charge is 2.32. The van der Waals surface area contributed by atoms with E-state index in [0.29, 0.717) is 18.0 Å². The van der Waals surface area contributed by atoms with Crippen LogP contribution in [0.25, 0.3) is 0 Å². The van der Waals surface area contributed by atoms with Gasteiger partial charge in [-0.05, 0) is 57.1 Å². The molecule has 0 saturated carbocycles. The number of thiophene rings is 1. The van der Waals surface area contributed by atoms with Gasteiger partial charge >= 0.3 is 0 Å². The van der Waals surface area contributed by atoms with Gasteiger partial charge in [0.15, 0.2) is 0 Å². The molecule has 0 radical (unpaired) electrons. The zero-order valence-corrected chi connectivity index (χ0v) is 11.7. The highest BCUT2D eigenvalue weighted by Crippen LogP contribution is 2.37. The Balaban J connectivity index is 2.28. The van der Waals surface area contributed by atoms with Gasteiger partial charge in [-0.3, -0.25) is 4.90 Å². The normalized spacial score (nSPS) is 27.3. The summed E-state index contributed by atoms with van der Waals surface area (Å²) in [6, 6.07) is 5.59. The van der Waals surface area contributed by atoms with E-state index in [0.717, 1.165) is 6.54 Å². The predicted octanol–water partition coefficient (Wildman–Crippen LogP) is 3.26. The lowest BCUT2D eigenvalue weighted by Gasteiger charge is -2.37. The molecular weight excluding hydrogens is 228 g/mol. The minimum Gasteiger partial charge on any atom is -0.330 e. The maximum atomic E-state index is 6.01. The highest BCUT2D eigenvalue weighted by atomic mass is 32.1. The summed E-state index contributed by atoms with van der Waals surface area (Å²) >= 11 is 1.88. The van der Waals surface area contributed by atoms with Crippen LogP contribution in [-0.2, 0) is 0 Å². The summed E-state index contributed by atoms with van der Waals surface area (Å²) in [5, 5.41) is 2.19. The van der Waals surface area contributed by atoms with E-state index in [4.69, 9.17) is 5.73 Å². The molecule has 0 spiro atoms. The van der Waals surface area contributed by atoms with Crippen molar-refractivity contribution in [3.05, 3.63) is 22.4 Å². The maximum Gasteiger partial charge on any atom is 0.0484 e. The molecule has 96 valence electrons. The Morgan fingerprint density at radius 2 is 2.29 bits per heavy atom. The number of nitrogens with zero attached hydrogens (tertiary/aromatic N) is 1. The van der Waals surface area contributed by atoms with E-state index in [1.54, 1.807) is 0 Å². The summed E-state index contributed by atoms with van der Waals surface area (Å²) in [5.74, 6) is 0.624. The molecule has 2 nitrogen and oxygen atoms in total. The van der Waals surface area contributed by atoms with E-state index < -0.39 is 0 Å². The molecule has 1 aromatic rings. The molecule has 0 bridgehead atoms. The van der Waals surface area contributed by atoms with Gasteiger partial charge in [-0.15, -0.1) is 11.3 Å². The molecule has 0 aromatic carbocycles. The third-order valence-corrected chi connectivity index (χ3v) is 4.79. The highest BCUT2D eigenvalue weighted by molar-refractivity contribution is 7.10. The van der Waals surface area contributed by atoms with Gasteiger partial charge < -0.3 is 5.73 Å². The molecule has 1 fully saturated rings. The minimum absolute atomic E-state index is 0.544. The lowest BCUT2D eigenvalue weighted by molar-refractivity contribution is 0.124. The van der Waals surface area contributed by atoms with Gasteiger partial charge in [-0.1, -0.05) is 12.5 Å². The van der Waals surface area contributed by atoms with Crippen LogP contribution in [-0.4, -0.2) is 24.0 Å². The molecule has 0 amide bonds. The molecule has 1 aromatic heterocycles. The lowest BCUT2D eigenvalue weighted by atomic mass is 9.93. The van der Waals surface area contributed by atoms with Gasteiger partial charge in [-0.2, -0.15) is 0 Å². The standard InChI is InChI=1S/C14H24N2S/c1-11(2)16-8-4-3-6-12(10-15)14(16)13-7-5-9-17-13/h5,7,9,11-12,14H,3-4,6,8,10,15H2,1-2H3. The quantitative estimate of drug-likeness (QED) is 0.894. The topological polar surface area (TPSA) is 29.3 Å².